The van der Waals surface area contributed by atoms with Gasteiger partial charge in [0, 0.05) is 11.5 Å². The van der Waals surface area contributed by atoms with Crippen LogP contribution in [0.15, 0.2) is 0 Å². The van der Waals surface area contributed by atoms with Crippen molar-refractivity contribution < 1.29 is 82.0 Å². The van der Waals surface area contributed by atoms with Crippen molar-refractivity contribution in [3.05, 3.63) is 58.2 Å². The number of hydrogen-bond donors (Lipinski definition) is 2. The molecule has 0 saturated heterocycles. The molecule has 0 unspecified atom stereocenters. The molecule has 0 aliphatic rings. The van der Waals surface area contributed by atoms with E-state index in [1.165, 1.54) is 41.5 Å². The topological polar surface area (TPSA) is 129 Å². The van der Waals surface area contributed by atoms with Crippen LogP contribution in [0, 0.1) is 58.2 Å². The van der Waals surface area contributed by atoms with Gasteiger partial charge in [-0.3, -0.25) is 0 Å². The van der Waals surface area contributed by atoms with Crippen LogP contribution in [-0.2, 0) is 19.1 Å². The predicted octanol–water partition coefficient (Wildman–Crippen LogP) is 6.76. The number of carbonyl (C=O) groups is 4. The molecule has 0 aliphatic carbocycles. The SMILES string of the molecule is CC(C)(C)OC(=O)N[C@@H](CSSC[C@H](NC(=O)OC(C)(C)C)C(=O)Oc1c(F)c(F)c(F)c(F)c1F)C(=O)Oc1c(F)c(F)c(F)c(F)c1F. The third kappa shape index (κ3) is 11.2. The summed E-state index contributed by atoms with van der Waals surface area (Å²) in [6.07, 6.45) is -2.64. The van der Waals surface area contributed by atoms with E-state index in [4.69, 9.17) is 9.47 Å². The van der Waals surface area contributed by atoms with Crippen LogP contribution in [0.1, 0.15) is 41.5 Å². The summed E-state index contributed by atoms with van der Waals surface area (Å²) in [5.41, 5.74) is -2.34. The summed E-state index contributed by atoms with van der Waals surface area (Å²) in [4.78, 5) is 50.3. The van der Waals surface area contributed by atoms with Gasteiger partial charge in [0.2, 0.25) is 69.7 Å². The fourth-order valence-corrected chi connectivity index (χ4v) is 5.46. The number of alkyl carbamates (subject to hydrolysis) is 2. The van der Waals surface area contributed by atoms with Crippen molar-refractivity contribution in [1.29, 1.82) is 0 Å². The molecule has 0 heterocycles. The minimum absolute atomic E-state index is 0.515. The van der Waals surface area contributed by atoms with Crippen molar-refractivity contribution in [3.8, 4) is 11.5 Å². The second kappa shape index (κ2) is 16.8. The number of ether oxygens (including phenoxy) is 4. The van der Waals surface area contributed by atoms with Crippen molar-refractivity contribution in [2.24, 2.45) is 0 Å². The van der Waals surface area contributed by atoms with Crippen LogP contribution in [-0.4, -0.2) is 58.9 Å². The second-order valence-corrected chi connectivity index (χ2v) is 14.2. The molecule has 0 fully saturated rings. The molecule has 10 nitrogen and oxygen atoms in total. The molecular weight excluding hydrogens is 746 g/mol. The van der Waals surface area contributed by atoms with Crippen LogP contribution in [0.2, 0.25) is 0 Å². The van der Waals surface area contributed by atoms with E-state index in [-0.39, 0.29) is 0 Å². The van der Waals surface area contributed by atoms with Crippen LogP contribution in [0.25, 0.3) is 0 Å². The zero-order valence-corrected chi connectivity index (χ0v) is 28.1. The van der Waals surface area contributed by atoms with Gasteiger partial charge in [-0.1, -0.05) is 21.6 Å². The molecule has 2 rings (SSSR count). The summed E-state index contributed by atoms with van der Waals surface area (Å²) >= 11 is 0. The molecule has 22 heteroatoms. The van der Waals surface area contributed by atoms with E-state index >= 15 is 0 Å². The van der Waals surface area contributed by atoms with Crippen molar-refractivity contribution in [3.63, 3.8) is 0 Å². The molecular formula is C28H26F10N2O8S2. The molecule has 0 saturated carbocycles. The predicted molar refractivity (Wildman–Crippen MR) is 155 cm³/mol. The van der Waals surface area contributed by atoms with Crippen LogP contribution >= 0.6 is 21.6 Å². The highest BCUT2D eigenvalue weighted by Crippen LogP contribution is 2.32. The van der Waals surface area contributed by atoms with Gasteiger partial charge in [-0.25, -0.2) is 45.5 Å². The molecule has 2 amide bonds. The molecule has 0 radical (unpaired) electrons. The van der Waals surface area contributed by atoms with E-state index in [9.17, 15) is 63.1 Å². The van der Waals surface area contributed by atoms with Gasteiger partial charge in [-0.2, -0.15) is 17.6 Å². The van der Waals surface area contributed by atoms with Gasteiger partial charge in [-0.05, 0) is 41.5 Å². The highest BCUT2D eigenvalue weighted by molar-refractivity contribution is 8.76. The molecule has 0 spiro atoms. The maximum Gasteiger partial charge on any atom is 0.408 e. The molecule has 2 N–H and O–H groups in total. The van der Waals surface area contributed by atoms with E-state index in [1.54, 1.807) is 0 Å². The average molecular weight is 773 g/mol. The van der Waals surface area contributed by atoms with Gasteiger partial charge in [0.15, 0.2) is 0 Å². The Morgan fingerprint density at radius 2 is 0.740 bits per heavy atom. The van der Waals surface area contributed by atoms with Crippen LogP contribution < -0.4 is 20.1 Å². The third-order valence-electron chi connectivity index (χ3n) is 5.25. The first-order valence-corrected chi connectivity index (χ1v) is 16.0. The number of esters is 2. The van der Waals surface area contributed by atoms with Crippen LogP contribution in [0.4, 0.5) is 53.5 Å². The zero-order valence-electron chi connectivity index (χ0n) is 26.4. The second-order valence-electron chi connectivity index (χ2n) is 11.6. The van der Waals surface area contributed by atoms with Gasteiger partial charge in [0.25, 0.3) is 0 Å². The summed E-state index contributed by atoms with van der Waals surface area (Å²) in [6.45, 7) is 8.43. The summed E-state index contributed by atoms with van der Waals surface area (Å²) < 4.78 is 157. The molecule has 0 bridgehead atoms. The van der Waals surface area contributed by atoms with Crippen molar-refractivity contribution >= 4 is 45.7 Å². The first-order chi connectivity index (χ1) is 22.9. The molecule has 2 aromatic rings. The molecule has 50 heavy (non-hydrogen) atoms. The highest BCUT2D eigenvalue weighted by Gasteiger charge is 2.35. The fourth-order valence-electron chi connectivity index (χ4n) is 3.16. The maximum absolute atomic E-state index is 14.1. The standard InChI is InChI=1S/C28H26F10N2O8S2/c1-27(2,3)47-25(43)39-9(23(41)45-21-17(35)13(31)11(29)14(32)18(21)36)7-49-50-8-10(40-26(44)48-28(4,5)6)24(42)46-22-19(37)15(33)12(30)16(34)20(22)38/h9-10H,7-8H2,1-6H3,(H,39,43)(H,40,44)/t9-,10-/m0/s1. The van der Waals surface area contributed by atoms with Gasteiger partial charge < -0.3 is 29.6 Å². The number of benzene rings is 2. The number of carbonyl (C=O) groups excluding carboxylic acids is 4. The Kier molecular flexibility index (Phi) is 14.1. The van der Waals surface area contributed by atoms with E-state index in [1.807, 2.05) is 10.6 Å². The van der Waals surface area contributed by atoms with Crippen molar-refractivity contribution in [1.82, 2.24) is 10.6 Å². The Balaban J connectivity index is 2.31. The minimum atomic E-state index is -2.55. The number of amides is 2. The quantitative estimate of drug-likeness (QED) is 0.0481. The number of halogens is 10. The largest absolute Gasteiger partial charge is 0.444 e. The lowest BCUT2D eigenvalue weighted by Crippen LogP contribution is -2.47. The maximum atomic E-state index is 14.1. The molecule has 2 atom stereocenters. The smallest absolute Gasteiger partial charge is 0.408 e. The van der Waals surface area contributed by atoms with Gasteiger partial charge in [-0.15, -0.1) is 0 Å². The monoisotopic (exact) mass is 772 g/mol. The summed E-state index contributed by atoms with van der Waals surface area (Å²) in [6, 6.07) is -3.95. The number of hydrogen-bond acceptors (Lipinski definition) is 10. The lowest BCUT2D eigenvalue weighted by Gasteiger charge is -2.24. The minimum Gasteiger partial charge on any atom is -0.444 e. The van der Waals surface area contributed by atoms with E-state index in [0.717, 1.165) is 0 Å². The van der Waals surface area contributed by atoms with E-state index in [2.05, 4.69) is 9.47 Å². The fraction of sp³-hybridized carbons (Fsp3) is 0.429. The normalized spacial score (nSPS) is 12.9. The Bertz CT molecular complexity index is 1480. The summed E-state index contributed by atoms with van der Waals surface area (Å²) in [7, 11) is 1.03. The Morgan fingerprint density at radius 3 is 0.980 bits per heavy atom. The van der Waals surface area contributed by atoms with Crippen LogP contribution in [0.5, 0.6) is 11.5 Å². The molecule has 278 valence electrons. The number of nitrogens with one attached hydrogen (secondary N) is 2. The molecule has 0 aromatic heterocycles. The average Bonchev–Trinajstić information content (AvgIpc) is 3.00. The van der Waals surface area contributed by atoms with Gasteiger partial charge in [0.05, 0.1) is 0 Å². The third-order valence-corrected chi connectivity index (χ3v) is 7.67. The Hall–Kier alpha value is -4.08. The lowest BCUT2D eigenvalue weighted by atomic mass is 10.2. The van der Waals surface area contributed by atoms with Gasteiger partial charge >= 0.3 is 24.1 Å². The zero-order chi connectivity index (χ0) is 38.5. The van der Waals surface area contributed by atoms with E-state index < -0.39 is 129 Å². The Morgan fingerprint density at radius 1 is 0.500 bits per heavy atom. The molecule has 0 aliphatic heterocycles. The summed E-state index contributed by atoms with van der Waals surface area (Å²) in [5.74, 6) is -33.9. The van der Waals surface area contributed by atoms with E-state index in [0.29, 0.717) is 21.6 Å². The first-order valence-electron chi connectivity index (χ1n) is 13.6. The van der Waals surface area contributed by atoms with Gasteiger partial charge in [0.1, 0.15) is 23.3 Å². The molecule has 2 aromatic carbocycles. The lowest BCUT2D eigenvalue weighted by molar-refractivity contribution is -0.137. The van der Waals surface area contributed by atoms with Crippen LogP contribution in [0.3, 0.4) is 0 Å². The first kappa shape index (κ1) is 42.1. The number of rotatable bonds is 11. The Labute approximate surface area is 284 Å². The van der Waals surface area contributed by atoms with Crippen molar-refractivity contribution in [2.45, 2.75) is 64.8 Å². The highest BCUT2D eigenvalue weighted by atomic mass is 33.1. The summed E-state index contributed by atoms with van der Waals surface area (Å²) in [5, 5.41) is 3.92. The van der Waals surface area contributed by atoms with Crippen molar-refractivity contribution in [2.75, 3.05) is 11.5 Å².